The Balaban J connectivity index is 1.92. The molecule has 4 rings (SSSR count). The highest BCUT2D eigenvalue weighted by atomic mass is 32.1. The van der Waals surface area contributed by atoms with E-state index in [1.54, 1.807) is 0 Å². The number of nitro groups is 1. The third-order valence-electron chi connectivity index (χ3n) is 4.19. The highest BCUT2D eigenvalue weighted by Crippen LogP contribution is 2.47. The summed E-state index contributed by atoms with van der Waals surface area (Å²) in [6.45, 7) is 0. The van der Waals surface area contributed by atoms with Crippen molar-refractivity contribution in [2.45, 2.75) is 0 Å². The molecule has 27 heavy (non-hydrogen) atoms. The molecule has 0 atom stereocenters. The number of hydrogen-bond donors (Lipinski definition) is 0. The molecule has 0 aliphatic carbocycles. The van der Waals surface area contributed by atoms with Gasteiger partial charge in [0, 0.05) is 16.3 Å². The van der Waals surface area contributed by atoms with Crippen molar-refractivity contribution in [1.82, 2.24) is 0 Å². The smallest absolute Gasteiger partial charge is 0.304 e. The Hall–Kier alpha value is -3.44. The van der Waals surface area contributed by atoms with Gasteiger partial charge in [-0.15, -0.1) is 0 Å². The Morgan fingerprint density at radius 1 is 0.741 bits per heavy atom. The third kappa shape index (κ3) is 3.45. The SMILES string of the molecule is O=[N+]([O-])c1sc(-c2ccccc2)cc1N(c1ccccc1)c1ccccc1. The molecular formula is C22H16N2O2S. The van der Waals surface area contributed by atoms with Crippen molar-refractivity contribution in [3.63, 3.8) is 0 Å². The Labute approximate surface area is 161 Å². The number of anilines is 3. The molecule has 0 aliphatic rings. The Bertz CT molecular complexity index is 1010. The number of nitrogens with zero attached hydrogens (tertiary/aromatic N) is 2. The lowest BCUT2D eigenvalue weighted by atomic mass is 10.1. The summed E-state index contributed by atoms with van der Waals surface area (Å²) in [5.74, 6) is 0. The summed E-state index contributed by atoms with van der Waals surface area (Å²) in [7, 11) is 0. The number of rotatable bonds is 5. The zero-order valence-electron chi connectivity index (χ0n) is 14.4. The Kier molecular flexibility index (Phi) is 4.68. The number of hydrogen-bond acceptors (Lipinski definition) is 4. The molecule has 0 radical (unpaired) electrons. The van der Waals surface area contributed by atoms with E-state index in [2.05, 4.69) is 0 Å². The summed E-state index contributed by atoms with van der Waals surface area (Å²) in [5.41, 5.74) is 3.30. The van der Waals surface area contributed by atoms with Gasteiger partial charge < -0.3 is 4.90 Å². The van der Waals surface area contributed by atoms with E-state index in [1.165, 1.54) is 11.3 Å². The van der Waals surface area contributed by atoms with Crippen molar-refractivity contribution in [2.24, 2.45) is 0 Å². The van der Waals surface area contributed by atoms with E-state index < -0.39 is 0 Å². The van der Waals surface area contributed by atoms with Crippen LogP contribution in [0.25, 0.3) is 10.4 Å². The average Bonchev–Trinajstić information content (AvgIpc) is 3.16. The van der Waals surface area contributed by atoms with Crippen LogP contribution in [0.3, 0.4) is 0 Å². The van der Waals surface area contributed by atoms with Gasteiger partial charge in [-0.25, -0.2) is 0 Å². The van der Waals surface area contributed by atoms with E-state index in [0.29, 0.717) is 5.69 Å². The predicted octanol–water partition coefficient (Wildman–Crippen LogP) is 6.79. The van der Waals surface area contributed by atoms with E-state index in [0.717, 1.165) is 21.8 Å². The first-order chi connectivity index (χ1) is 13.2. The molecule has 0 saturated heterocycles. The van der Waals surface area contributed by atoms with Crippen molar-refractivity contribution >= 4 is 33.4 Å². The molecule has 1 aromatic heterocycles. The molecule has 0 unspecified atom stereocenters. The number of thiophene rings is 1. The van der Waals surface area contributed by atoms with Crippen LogP contribution in [0.5, 0.6) is 0 Å². The summed E-state index contributed by atoms with van der Waals surface area (Å²) >= 11 is 1.20. The topological polar surface area (TPSA) is 46.4 Å². The second kappa shape index (κ2) is 7.43. The normalized spacial score (nSPS) is 10.5. The van der Waals surface area contributed by atoms with Crippen LogP contribution in [0.2, 0.25) is 0 Å². The van der Waals surface area contributed by atoms with E-state index in [1.807, 2.05) is 102 Å². The van der Waals surface area contributed by atoms with Crippen molar-refractivity contribution in [3.05, 3.63) is 107 Å². The molecule has 0 amide bonds. The van der Waals surface area contributed by atoms with Gasteiger partial charge in [-0.05, 0) is 35.9 Å². The summed E-state index contributed by atoms with van der Waals surface area (Å²) in [6.07, 6.45) is 0. The first-order valence-electron chi connectivity index (χ1n) is 8.48. The van der Waals surface area contributed by atoms with Crippen molar-refractivity contribution < 1.29 is 4.92 Å². The quantitative estimate of drug-likeness (QED) is 0.286. The van der Waals surface area contributed by atoms with Gasteiger partial charge in [0.25, 0.3) is 0 Å². The van der Waals surface area contributed by atoms with Gasteiger partial charge in [0.05, 0.1) is 4.92 Å². The van der Waals surface area contributed by atoms with Crippen molar-refractivity contribution in [3.8, 4) is 10.4 Å². The maximum absolute atomic E-state index is 11.8. The minimum absolute atomic E-state index is 0.126. The third-order valence-corrected chi connectivity index (χ3v) is 5.31. The molecule has 0 N–H and O–H groups in total. The molecule has 5 heteroatoms. The molecule has 1 heterocycles. The van der Waals surface area contributed by atoms with Crippen LogP contribution in [0.4, 0.5) is 22.1 Å². The van der Waals surface area contributed by atoms with Crippen molar-refractivity contribution in [2.75, 3.05) is 4.90 Å². The van der Waals surface area contributed by atoms with Crippen LogP contribution in [-0.2, 0) is 0 Å². The van der Waals surface area contributed by atoms with Gasteiger partial charge in [0.1, 0.15) is 5.69 Å². The minimum atomic E-state index is -0.300. The lowest BCUT2D eigenvalue weighted by Gasteiger charge is -2.23. The van der Waals surface area contributed by atoms with Gasteiger partial charge in [0.2, 0.25) is 0 Å². The zero-order valence-corrected chi connectivity index (χ0v) is 15.2. The van der Waals surface area contributed by atoms with Gasteiger partial charge >= 0.3 is 5.00 Å². The van der Waals surface area contributed by atoms with E-state index in [-0.39, 0.29) is 9.92 Å². The van der Waals surface area contributed by atoms with E-state index >= 15 is 0 Å². The fourth-order valence-electron chi connectivity index (χ4n) is 2.99. The van der Waals surface area contributed by atoms with Crippen LogP contribution in [-0.4, -0.2) is 4.92 Å². The van der Waals surface area contributed by atoms with Gasteiger partial charge in [-0.2, -0.15) is 0 Å². The van der Waals surface area contributed by atoms with Crippen LogP contribution >= 0.6 is 11.3 Å². The molecule has 0 bridgehead atoms. The first-order valence-corrected chi connectivity index (χ1v) is 9.29. The molecule has 0 fully saturated rings. The second-order valence-corrected chi connectivity index (χ2v) is 6.96. The predicted molar refractivity (Wildman–Crippen MR) is 111 cm³/mol. The first kappa shape index (κ1) is 17.0. The second-order valence-electron chi connectivity index (χ2n) is 5.93. The monoisotopic (exact) mass is 372 g/mol. The molecular weight excluding hydrogens is 356 g/mol. The van der Waals surface area contributed by atoms with Crippen molar-refractivity contribution in [1.29, 1.82) is 0 Å². The highest BCUT2D eigenvalue weighted by molar-refractivity contribution is 7.19. The van der Waals surface area contributed by atoms with Crippen LogP contribution in [0, 0.1) is 10.1 Å². The summed E-state index contributed by atoms with van der Waals surface area (Å²) in [6, 6.07) is 31.1. The highest BCUT2D eigenvalue weighted by Gasteiger charge is 2.26. The summed E-state index contributed by atoms with van der Waals surface area (Å²) in [5, 5.41) is 11.9. The summed E-state index contributed by atoms with van der Waals surface area (Å²) in [4.78, 5) is 14.3. The number of benzene rings is 3. The standard InChI is InChI=1S/C22H16N2O2S/c25-24(26)22-20(16-21(27-22)17-10-4-1-5-11-17)23(18-12-6-2-7-13-18)19-14-8-3-9-15-19/h1-16H. The Morgan fingerprint density at radius 2 is 1.22 bits per heavy atom. The fraction of sp³-hybridized carbons (Fsp3) is 0. The van der Waals surface area contributed by atoms with Gasteiger partial charge in [-0.3, -0.25) is 10.1 Å². The molecule has 0 saturated carbocycles. The molecule has 0 spiro atoms. The molecule has 132 valence electrons. The lowest BCUT2D eigenvalue weighted by Crippen LogP contribution is -2.10. The van der Waals surface area contributed by atoms with E-state index in [4.69, 9.17) is 0 Å². The minimum Gasteiger partial charge on any atom is -0.304 e. The van der Waals surface area contributed by atoms with Gasteiger partial charge in [0.15, 0.2) is 0 Å². The maximum Gasteiger partial charge on any atom is 0.348 e. The van der Waals surface area contributed by atoms with E-state index in [9.17, 15) is 10.1 Å². The molecule has 0 aliphatic heterocycles. The largest absolute Gasteiger partial charge is 0.348 e. The summed E-state index contributed by atoms with van der Waals surface area (Å²) < 4.78 is 0. The molecule has 4 nitrogen and oxygen atoms in total. The lowest BCUT2D eigenvalue weighted by molar-refractivity contribution is -0.379. The average molecular weight is 372 g/mol. The maximum atomic E-state index is 11.8. The fourth-order valence-corrected chi connectivity index (χ4v) is 3.95. The van der Waals surface area contributed by atoms with Crippen LogP contribution < -0.4 is 4.90 Å². The zero-order chi connectivity index (χ0) is 18.6. The van der Waals surface area contributed by atoms with Crippen LogP contribution in [0.1, 0.15) is 0 Å². The van der Waals surface area contributed by atoms with Crippen LogP contribution in [0.15, 0.2) is 97.1 Å². The number of para-hydroxylation sites is 2. The van der Waals surface area contributed by atoms with Gasteiger partial charge in [-0.1, -0.05) is 78.1 Å². The molecule has 3 aromatic carbocycles. The molecule has 4 aromatic rings. The Morgan fingerprint density at radius 3 is 1.70 bits per heavy atom.